The number of ether oxygens (including phenoxy) is 4. The summed E-state index contributed by atoms with van der Waals surface area (Å²) in [5, 5.41) is 10.0. The van der Waals surface area contributed by atoms with E-state index in [4.69, 9.17) is 18.9 Å². The Bertz CT molecular complexity index is 464. The number of morpholine rings is 1. The van der Waals surface area contributed by atoms with Gasteiger partial charge in [0.25, 0.3) is 0 Å². The minimum Gasteiger partial charge on any atom is -0.486 e. The van der Waals surface area contributed by atoms with Crippen LogP contribution in [-0.4, -0.2) is 70.0 Å². The predicted molar refractivity (Wildman–Crippen MR) is 79.6 cm³/mol. The largest absolute Gasteiger partial charge is 0.486 e. The van der Waals surface area contributed by atoms with Gasteiger partial charge in [0, 0.05) is 0 Å². The van der Waals surface area contributed by atoms with E-state index in [2.05, 4.69) is 0 Å². The number of quaternary nitrogens is 1. The number of para-hydroxylation sites is 2. The van der Waals surface area contributed by atoms with Crippen LogP contribution in [0.25, 0.3) is 0 Å². The first-order valence-corrected chi connectivity index (χ1v) is 7.87. The summed E-state index contributed by atoms with van der Waals surface area (Å²) in [4.78, 5) is 1.37. The standard InChI is InChI=1S/C16H23NO5/c18-13(9-17-5-7-19-8-6-17)10-20-11-14-12-21-15-3-1-2-4-16(15)22-14/h1-4,13-14,18H,5-12H2/p+1/t13-,14+/m1/s1. The summed E-state index contributed by atoms with van der Waals surface area (Å²) >= 11 is 0. The average molecular weight is 310 g/mol. The lowest BCUT2D eigenvalue weighted by Crippen LogP contribution is -3.15. The lowest BCUT2D eigenvalue weighted by molar-refractivity contribution is -0.911. The van der Waals surface area contributed by atoms with Crippen LogP contribution in [0.5, 0.6) is 11.5 Å². The molecule has 0 amide bonds. The van der Waals surface area contributed by atoms with Crippen molar-refractivity contribution >= 4 is 0 Å². The SMILES string of the molecule is O[C@@H](COC[C@H]1COc2ccccc2O1)C[NH+]1CCOCC1. The van der Waals surface area contributed by atoms with Crippen molar-refractivity contribution < 1.29 is 29.0 Å². The fourth-order valence-corrected chi connectivity index (χ4v) is 2.74. The van der Waals surface area contributed by atoms with Gasteiger partial charge in [0.2, 0.25) is 0 Å². The number of aliphatic hydroxyl groups excluding tert-OH is 1. The van der Waals surface area contributed by atoms with E-state index in [-0.39, 0.29) is 6.10 Å². The van der Waals surface area contributed by atoms with E-state index in [1.165, 1.54) is 4.90 Å². The molecule has 3 rings (SSSR count). The zero-order valence-electron chi connectivity index (χ0n) is 12.7. The van der Waals surface area contributed by atoms with Crippen molar-refractivity contribution in [3.05, 3.63) is 24.3 Å². The van der Waals surface area contributed by atoms with Gasteiger partial charge in [-0.15, -0.1) is 0 Å². The predicted octanol–water partition coefficient (Wildman–Crippen LogP) is -0.881. The van der Waals surface area contributed by atoms with Gasteiger partial charge < -0.3 is 29.0 Å². The highest BCUT2D eigenvalue weighted by Crippen LogP contribution is 2.30. The minimum absolute atomic E-state index is 0.127. The van der Waals surface area contributed by atoms with E-state index in [0.717, 1.165) is 37.8 Å². The number of fused-ring (bicyclic) bond motifs is 1. The summed E-state index contributed by atoms with van der Waals surface area (Å²) in [6.45, 7) is 5.37. The van der Waals surface area contributed by atoms with E-state index < -0.39 is 6.10 Å². The van der Waals surface area contributed by atoms with Crippen molar-refractivity contribution in [2.75, 3.05) is 52.7 Å². The zero-order valence-corrected chi connectivity index (χ0v) is 12.7. The van der Waals surface area contributed by atoms with Crippen LogP contribution in [0.3, 0.4) is 0 Å². The molecule has 2 N–H and O–H groups in total. The van der Waals surface area contributed by atoms with Gasteiger partial charge in [0.05, 0.1) is 26.4 Å². The van der Waals surface area contributed by atoms with E-state index in [1.54, 1.807) is 0 Å². The van der Waals surface area contributed by atoms with Crippen LogP contribution in [0.1, 0.15) is 0 Å². The lowest BCUT2D eigenvalue weighted by atomic mass is 10.2. The molecular formula is C16H24NO5+. The van der Waals surface area contributed by atoms with Crippen LogP contribution >= 0.6 is 0 Å². The minimum atomic E-state index is -0.454. The Morgan fingerprint density at radius 1 is 1.23 bits per heavy atom. The number of hydrogen-bond donors (Lipinski definition) is 2. The molecule has 6 heteroatoms. The van der Waals surface area contributed by atoms with Gasteiger partial charge in [-0.2, -0.15) is 0 Å². The molecule has 0 aliphatic carbocycles. The molecule has 0 saturated carbocycles. The Kier molecular flexibility index (Phi) is 5.50. The maximum absolute atomic E-state index is 10.0. The van der Waals surface area contributed by atoms with E-state index in [0.29, 0.717) is 26.4 Å². The molecule has 2 aliphatic rings. The Balaban J connectivity index is 1.35. The summed E-state index contributed by atoms with van der Waals surface area (Å²) in [7, 11) is 0. The summed E-state index contributed by atoms with van der Waals surface area (Å²) in [5.74, 6) is 1.52. The molecule has 1 aromatic carbocycles. The van der Waals surface area contributed by atoms with Gasteiger partial charge in [-0.1, -0.05) is 12.1 Å². The van der Waals surface area contributed by atoms with Gasteiger partial charge in [-0.3, -0.25) is 0 Å². The smallest absolute Gasteiger partial charge is 0.161 e. The second kappa shape index (κ2) is 7.78. The third-order valence-corrected chi connectivity index (χ3v) is 3.91. The van der Waals surface area contributed by atoms with E-state index in [9.17, 15) is 5.11 Å². The molecule has 1 fully saturated rings. The van der Waals surface area contributed by atoms with Crippen molar-refractivity contribution in [3.8, 4) is 11.5 Å². The van der Waals surface area contributed by atoms with Gasteiger partial charge in [-0.05, 0) is 12.1 Å². The average Bonchev–Trinajstić information content (AvgIpc) is 2.55. The molecule has 1 aromatic rings. The molecule has 6 nitrogen and oxygen atoms in total. The van der Waals surface area contributed by atoms with Crippen molar-refractivity contribution in [2.24, 2.45) is 0 Å². The van der Waals surface area contributed by atoms with Crippen LogP contribution < -0.4 is 14.4 Å². The maximum atomic E-state index is 10.0. The molecule has 0 bridgehead atoms. The second-order valence-corrected chi connectivity index (χ2v) is 5.76. The number of nitrogens with one attached hydrogen (secondary N) is 1. The van der Waals surface area contributed by atoms with Gasteiger partial charge in [0.1, 0.15) is 32.3 Å². The second-order valence-electron chi connectivity index (χ2n) is 5.76. The quantitative estimate of drug-likeness (QED) is 0.714. The zero-order chi connectivity index (χ0) is 15.2. The molecule has 0 aromatic heterocycles. The first-order valence-electron chi connectivity index (χ1n) is 7.87. The molecule has 2 aliphatic heterocycles. The topological polar surface area (TPSA) is 61.6 Å². The van der Waals surface area contributed by atoms with E-state index >= 15 is 0 Å². The Morgan fingerprint density at radius 3 is 2.82 bits per heavy atom. The van der Waals surface area contributed by atoms with Crippen molar-refractivity contribution in [1.82, 2.24) is 0 Å². The molecule has 0 unspecified atom stereocenters. The number of benzene rings is 1. The number of rotatable bonds is 6. The summed E-state index contributed by atoms with van der Waals surface area (Å²) in [5.41, 5.74) is 0. The number of aliphatic hydroxyl groups is 1. The highest BCUT2D eigenvalue weighted by atomic mass is 16.6. The molecule has 122 valence electrons. The van der Waals surface area contributed by atoms with Gasteiger partial charge >= 0.3 is 0 Å². The molecule has 0 spiro atoms. The highest BCUT2D eigenvalue weighted by Gasteiger charge is 2.22. The van der Waals surface area contributed by atoms with Crippen LogP contribution in [0.15, 0.2) is 24.3 Å². The van der Waals surface area contributed by atoms with Crippen molar-refractivity contribution in [1.29, 1.82) is 0 Å². The molecule has 2 heterocycles. The first-order chi connectivity index (χ1) is 10.8. The summed E-state index contributed by atoms with van der Waals surface area (Å²) in [6.07, 6.45) is -0.581. The van der Waals surface area contributed by atoms with Crippen LogP contribution in [0.4, 0.5) is 0 Å². The Labute approximate surface area is 130 Å². The van der Waals surface area contributed by atoms with Crippen molar-refractivity contribution in [2.45, 2.75) is 12.2 Å². The molecule has 22 heavy (non-hydrogen) atoms. The summed E-state index contributed by atoms with van der Waals surface area (Å²) in [6, 6.07) is 7.61. The summed E-state index contributed by atoms with van der Waals surface area (Å²) < 4.78 is 22.3. The first kappa shape index (κ1) is 15.6. The monoisotopic (exact) mass is 310 g/mol. The Morgan fingerprint density at radius 2 is 2.00 bits per heavy atom. The molecular weight excluding hydrogens is 286 g/mol. The molecule has 2 atom stereocenters. The fourth-order valence-electron chi connectivity index (χ4n) is 2.74. The van der Waals surface area contributed by atoms with Crippen LogP contribution in [0, 0.1) is 0 Å². The van der Waals surface area contributed by atoms with Crippen LogP contribution in [0.2, 0.25) is 0 Å². The van der Waals surface area contributed by atoms with Gasteiger partial charge in [0.15, 0.2) is 17.6 Å². The third-order valence-electron chi connectivity index (χ3n) is 3.91. The highest BCUT2D eigenvalue weighted by molar-refractivity contribution is 5.40. The van der Waals surface area contributed by atoms with E-state index in [1.807, 2.05) is 24.3 Å². The van der Waals surface area contributed by atoms with Crippen LogP contribution in [-0.2, 0) is 9.47 Å². The van der Waals surface area contributed by atoms with Gasteiger partial charge in [-0.25, -0.2) is 0 Å². The molecule has 0 radical (unpaired) electrons. The lowest BCUT2D eigenvalue weighted by Gasteiger charge is -2.27. The molecule has 1 saturated heterocycles. The third kappa shape index (κ3) is 4.33. The fraction of sp³-hybridized carbons (Fsp3) is 0.625. The van der Waals surface area contributed by atoms with Crippen molar-refractivity contribution in [3.63, 3.8) is 0 Å². The number of hydrogen-bond acceptors (Lipinski definition) is 5. The Hall–Kier alpha value is -1.34. The normalized spacial score (nSPS) is 23.2. The maximum Gasteiger partial charge on any atom is 0.161 e.